The van der Waals surface area contributed by atoms with E-state index >= 15 is 0 Å². The van der Waals surface area contributed by atoms with Crippen molar-refractivity contribution in [2.24, 2.45) is 0 Å². The number of aryl methyl sites for hydroxylation is 1. The number of esters is 1. The van der Waals surface area contributed by atoms with Crippen molar-refractivity contribution < 1.29 is 9.53 Å². The molecule has 2 aromatic heterocycles. The van der Waals surface area contributed by atoms with Crippen molar-refractivity contribution in [2.75, 3.05) is 37.7 Å². The smallest absolute Gasteiger partial charge is 0.350 e. The number of hydrogen-bond donors (Lipinski definition) is 0. The number of nitrogens with zero attached hydrogens (tertiary/aromatic N) is 5. The topological polar surface area (TPSA) is 72.1 Å². The zero-order valence-corrected chi connectivity index (χ0v) is 18.2. The molecule has 31 heavy (non-hydrogen) atoms. The van der Waals surface area contributed by atoms with Gasteiger partial charge < -0.3 is 9.64 Å². The van der Waals surface area contributed by atoms with Crippen molar-refractivity contribution >= 4 is 28.9 Å². The zero-order chi connectivity index (χ0) is 21.8. The van der Waals surface area contributed by atoms with Gasteiger partial charge in [-0.05, 0) is 43.7 Å². The van der Waals surface area contributed by atoms with Crippen molar-refractivity contribution in [1.29, 1.82) is 0 Å². The molecule has 0 spiro atoms. The third kappa shape index (κ3) is 4.75. The van der Waals surface area contributed by atoms with Crippen LogP contribution >= 0.6 is 11.6 Å². The Kier molecular flexibility index (Phi) is 6.58. The summed E-state index contributed by atoms with van der Waals surface area (Å²) in [5.41, 5.74) is 1.47. The van der Waals surface area contributed by atoms with Gasteiger partial charge in [-0.1, -0.05) is 23.7 Å². The van der Waals surface area contributed by atoms with Gasteiger partial charge in [0.15, 0.2) is 5.65 Å². The van der Waals surface area contributed by atoms with Crippen LogP contribution in [0.25, 0.3) is 5.65 Å². The van der Waals surface area contributed by atoms with Gasteiger partial charge in [0.05, 0.1) is 6.61 Å². The molecule has 1 saturated heterocycles. The quantitative estimate of drug-likeness (QED) is 0.522. The van der Waals surface area contributed by atoms with Crippen molar-refractivity contribution in [2.45, 2.75) is 25.9 Å². The maximum atomic E-state index is 12.7. The first-order valence-corrected chi connectivity index (χ1v) is 10.9. The van der Waals surface area contributed by atoms with Crippen LogP contribution in [0, 0.1) is 0 Å². The highest BCUT2D eigenvalue weighted by Crippen LogP contribution is 2.22. The number of hydrogen-bond acceptors (Lipinski definition) is 6. The summed E-state index contributed by atoms with van der Waals surface area (Å²) in [5, 5.41) is 5.08. The van der Waals surface area contributed by atoms with Crippen molar-refractivity contribution in [1.82, 2.24) is 19.1 Å². The number of fused-ring (bicyclic) bond motifs is 1. The molecule has 3 heterocycles. The van der Waals surface area contributed by atoms with Crippen LogP contribution in [0.15, 0.2) is 53.5 Å². The highest BCUT2D eigenvalue weighted by atomic mass is 35.5. The molecule has 9 heteroatoms. The third-order valence-corrected chi connectivity index (χ3v) is 5.82. The minimum Gasteiger partial charge on any atom is -0.465 e. The number of rotatable bonds is 7. The van der Waals surface area contributed by atoms with Crippen LogP contribution in [-0.4, -0.2) is 63.9 Å². The van der Waals surface area contributed by atoms with Crippen LogP contribution in [0.1, 0.15) is 13.3 Å². The first-order valence-electron chi connectivity index (χ1n) is 10.5. The van der Waals surface area contributed by atoms with Gasteiger partial charge in [0, 0.05) is 49.6 Å². The van der Waals surface area contributed by atoms with E-state index in [1.807, 2.05) is 30.3 Å². The summed E-state index contributed by atoms with van der Waals surface area (Å²) in [6, 6.07) is 12.8. The van der Waals surface area contributed by atoms with Crippen LogP contribution in [0.4, 0.5) is 5.69 Å². The Hall–Kier alpha value is -2.84. The minimum absolute atomic E-state index is 0.205. The Labute approximate surface area is 185 Å². The SMILES string of the molecule is CCOC(=O)C(CCn1nc2ccccn2c1=O)N1CCN(c2cccc(Cl)c2)CC1. The fourth-order valence-corrected chi connectivity index (χ4v) is 4.20. The van der Waals surface area contributed by atoms with E-state index in [0.717, 1.165) is 31.9 Å². The second-order valence-electron chi connectivity index (χ2n) is 7.49. The lowest BCUT2D eigenvalue weighted by atomic mass is 10.1. The van der Waals surface area contributed by atoms with Gasteiger partial charge in [0.2, 0.25) is 0 Å². The Morgan fingerprint density at radius 1 is 1.16 bits per heavy atom. The molecule has 0 saturated carbocycles. The molecule has 0 amide bonds. The Balaban J connectivity index is 1.45. The van der Waals surface area contributed by atoms with E-state index in [4.69, 9.17) is 16.3 Å². The van der Waals surface area contributed by atoms with Crippen LogP contribution in [0.3, 0.4) is 0 Å². The van der Waals surface area contributed by atoms with E-state index in [0.29, 0.717) is 30.2 Å². The molecule has 0 aliphatic carbocycles. The Morgan fingerprint density at radius 3 is 2.68 bits per heavy atom. The van der Waals surface area contributed by atoms with Crippen molar-refractivity contribution in [3.63, 3.8) is 0 Å². The van der Waals surface area contributed by atoms with E-state index < -0.39 is 6.04 Å². The molecular formula is C22H26ClN5O3. The first-order chi connectivity index (χ1) is 15.1. The second-order valence-corrected chi connectivity index (χ2v) is 7.93. The van der Waals surface area contributed by atoms with Crippen LogP contribution in [-0.2, 0) is 16.1 Å². The highest BCUT2D eigenvalue weighted by molar-refractivity contribution is 6.30. The van der Waals surface area contributed by atoms with Crippen LogP contribution in [0.5, 0.6) is 0 Å². The van der Waals surface area contributed by atoms with Gasteiger partial charge in [-0.15, -0.1) is 5.10 Å². The largest absolute Gasteiger partial charge is 0.465 e. The summed E-state index contributed by atoms with van der Waals surface area (Å²) in [7, 11) is 0. The van der Waals surface area contributed by atoms with Gasteiger partial charge >= 0.3 is 11.7 Å². The van der Waals surface area contributed by atoms with Crippen LogP contribution < -0.4 is 10.6 Å². The number of aromatic nitrogens is 3. The number of carbonyl (C=O) groups excluding carboxylic acids is 1. The fraction of sp³-hybridized carbons (Fsp3) is 0.409. The minimum atomic E-state index is -0.418. The molecule has 0 N–H and O–H groups in total. The molecular weight excluding hydrogens is 418 g/mol. The summed E-state index contributed by atoms with van der Waals surface area (Å²) in [6.45, 7) is 5.48. The average molecular weight is 444 g/mol. The van der Waals surface area contributed by atoms with Gasteiger partial charge in [0.25, 0.3) is 0 Å². The van der Waals surface area contributed by atoms with Gasteiger partial charge in [-0.2, -0.15) is 0 Å². The Bertz CT molecular complexity index is 1100. The summed E-state index contributed by atoms with van der Waals surface area (Å²) >= 11 is 6.13. The van der Waals surface area contributed by atoms with E-state index in [1.165, 1.54) is 9.08 Å². The summed E-state index contributed by atoms with van der Waals surface area (Å²) in [6.07, 6.45) is 2.15. The molecule has 1 aliphatic rings. The third-order valence-electron chi connectivity index (χ3n) is 5.59. The lowest BCUT2D eigenvalue weighted by Crippen LogP contribution is -2.53. The van der Waals surface area contributed by atoms with Gasteiger partial charge in [-0.25, -0.2) is 9.48 Å². The molecule has 1 unspecified atom stereocenters. The van der Waals surface area contributed by atoms with Crippen LogP contribution in [0.2, 0.25) is 5.02 Å². The summed E-state index contributed by atoms with van der Waals surface area (Å²) in [5.74, 6) is -0.254. The molecule has 0 radical (unpaired) electrons. The lowest BCUT2D eigenvalue weighted by Gasteiger charge is -2.39. The number of piperazine rings is 1. The predicted molar refractivity (Wildman–Crippen MR) is 120 cm³/mol. The Morgan fingerprint density at radius 2 is 1.97 bits per heavy atom. The number of anilines is 1. The maximum Gasteiger partial charge on any atom is 0.350 e. The molecule has 8 nitrogen and oxygen atoms in total. The molecule has 0 bridgehead atoms. The van der Waals surface area contributed by atoms with Crippen molar-refractivity contribution in [3.05, 3.63) is 64.2 Å². The number of halogens is 1. The molecule has 1 fully saturated rings. The highest BCUT2D eigenvalue weighted by Gasteiger charge is 2.30. The normalized spacial score (nSPS) is 15.9. The molecule has 1 atom stereocenters. The molecule has 4 rings (SSSR count). The van der Waals surface area contributed by atoms with E-state index in [-0.39, 0.29) is 11.7 Å². The zero-order valence-electron chi connectivity index (χ0n) is 17.5. The molecule has 1 aromatic carbocycles. The summed E-state index contributed by atoms with van der Waals surface area (Å²) in [4.78, 5) is 29.7. The standard InChI is InChI=1S/C22H26ClN5O3/c1-2-31-21(29)19(9-11-28-22(30)27-10-4-3-8-20(27)24-28)26-14-12-25(13-15-26)18-7-5-6-17(23)16-18/h3-8,10,16,19H,2,9,11-15H2,1H3. The lowest BCUT2D eigenvalue weighted by molar-refractivity contribution is -0.150. The number of benzene rings is 1. The molecule has 1 aliphatic heterocycles. The fourth-order valence-electron chi connectivity index (χ4n) is 4.01. The second kappa shape index (κ2) is 9.53. The number of carbonyl (C=O) groups is 1. The average Bonchev–Trinajstić information content (AvgIpc) is 3.10. The van der Waals surface area contributed by atoms with E-state index in [9.17, 15) is 9.59 Å². The molecule has 3 aromatic rings. The van der Waals surface area contributed by atoms with E-state index in [1.54, 1.807) is 25.3 Å². The maximum absolute atomic E-state index is 12.7. The number of ether oxygens (including phenoxy) is 1. The summed E-state index contributed by atoms with van der Waals surface area (Å²) < 4.78 is 8.26. The first kappa shape index (κ1) is 21.4. The van der Waals surface area contributed by atoms with Crippen molar-refractivity contribution in [3.8, 4) is 0 Å². The number of pyridine rings is 1. The van der Waals surface area contributed by atoms with Gasteiger partial charge in [0.1, 0.15) is 6.04 Å². The monoisotopic (exact) mass is 443 g/mol. The molecule has 164 valence electrons. The van der Waals surface area contributed by atoms with Gasteiger partial charge in [-0.3, -0.25) is 14.1 Å². The van der Waals surface area contributed by atoms with E-state index in [2.05, 4.69) is 14.9 Å². The predicted octanol–water partition coefficient (Wildman–Crippen LogP) is 2.29.